The van der Waals surface area contributed by atoms with Gasteiger partial charge in [0.2, 0.25) is 5.75 Å². The van der Waals surface area contributed by atoms with Crippen LogP contribution in [0.2, 0.25) is 0 Å². The number of halogens is 1. The highest BCUT2D eigenvalue weighted by Crippen LogP contribution is 2.63. The summed E-state index contributed by atoms with van der Waals surface area (Å²) in [6, 6.07) is 17.7. The van der Waals surface area contributed by atoms with Crippen molar-refractivity contribution in [2.45, 2.75) is 13.0 Å². The third-order valence-electron chi connectivity index (χ3n) is 5.77. The summed E-state index contributed by atoms with van der Waals surface area (Å²) in [6.45, 7) is 4.74. The fourth-order valence-corrected chi connectivity index (χ4v) is 6.02. The van der Waals surface area contributed by atoms with Crippen LogP contribution in [0.5, 0.6) is 11.5 Å². The van der Waals surface area contributed by atoms with Crippen LogP contribution in [0.25, 0.3) is 11.1 Å². The SMILES string of the molecule is CC(OP(=O)(N1CC1)N1CC1)c1ccc([N+](=O)[O-])c(Oc2ccc(-c3ccc(F)cc3)cc2)c1. The Morgan fingerprint density at radius 3 is 2.03 bits per heavy atom. The second-order valence-electron chi connectivity index (χ2n) is 8.26. The quantitative estimate of drug-likeness (QED) is 0.159. The molecule has 1 atom stereocenters. The van der Waals surface area contributed by atoms with Gasteiger partial charge in [0.05, 0.1) is 11.0 Å². The summed E-state index contributed by atoms with van der Waals surface area (Å²) >= 11 is 0. The molecule has 1 unspecified atom stereocenters. The highest BCUT2D eigenvalue weighted by Gasteiger charge is 2.50. The van der Waals surface area contributed by atoms with Gasteiger partial charge < -0.3 is 4.74 Å². The summed E-state index contributed by atoms with van der Waals surface area (Å²) in [4.78, 5) is 11.1. The average molecular weight is 483 g/mol. The molecule has 0 radical (unpaired) electrons. The molecule has 0 aromatic heterocycles. The normalized spacial score (nSPS) is 16.8. The molecule has 10 heteroatoms. The molecule has 176 valence electrons. The number of rotatable bonds is 9. The molecule has 2 aliphatic heterocycles. The van der Waals surface area contributed by atoms with Gasteiger partial charge in [-0.15, -0.1) is 0 Å². The Bertz CT molecular complexity index is 1240. The van der Waals surface area contributed by atoms with Crippen molar-refractivity contribution >= 4 is 13.4 Å². The fourth-order valence-electron chi connectivity index (χ4n) is 3.67. The number of nitro groups is 1. The molecule has 2 saturated heterocycles. The van der Waals surface area contributed by atoms with Crippen molar-refractivity contribution in [2.75, 3.05) is 26.2 Å². The second kappa shape index (κ2) is 8.92. The van der Waals surface area contributed by atoms with Gasteiger partial charge in [0, 0.05) is 32.2 Å². The van der Waals surface area contributed by atoms with E-state index in [0.29, 0.717) is 11.3 Å². The zero-order valence-corrected chi connectivity index (χ0v) is 19.4. The largest absolute Gasteiger partial charge is 0.450 e. The Kier molecular flexibility index (Phi) is 5.95. The highest BCUT2D eigenvalue weighted by molar-refractivity contribution is 7.54. The van der Waals surface area contributed by atoms with E-state index in [4.69, 9.17) is 9.26 Å². The van der Waals surface area contributed by atoms with Gasteiger partial charge in [-0.3, -0.25) is 19.2 Å². The predicted octanol–water partition coefficient (Wildman–Crippen LogP) is 6.01. The van der Waals surface area contributed by atoms with Crippen LogP contribution < -0.4 is 4.74 Å². The maximum absolute atomic E-state index is 13.3. The summed E-state index contributed by atoms with van der Waals surface area (Å²) in [5.74, 6) is 0.174. The van der Waals surface area contributed by atoms with E-state index in [1.807, 2.05) is 9.34 Å². The maximum Gasteiger partial charge on any atom is 0.346 e. The van der Waals surface area contributed by atoms with E-state index >= 15 is 0 Å². The Labute approximate surface area is 196 Å². The van der Waals surface area contributed by atoms with Crippen molar-refractivity contribution in [3.05, 3.63) is 88.2 Å². The van der Waals surface area contributed by atoms with E-state index in [9.17, 15) is 19.1 Å². The summed E-state index contributed by atoms with van der Waals surface area (Å²) in [7, 11) is -3.04. The number of hydrogen-bond acceptors (Lipinski definition) is 5. The zero-order chi connectivity index (χ0) is 23.9. The minimum Gasteiger partial charge on any atom is -0.450 e. The van der Waals surface area contributed by atoms with Crippen LogP contribution in [0.4, 0.5) is 10.1 Å². The number of ether oxygens (including phenoxy) is 1. The monoisotopic (exact) mass is 483 g/mol. The van der Waals surface area contributed by atoms with Crippen LogP contribution in [0.1, 0.15) is 18.6 Å². The van der Waals surface area contributed by atoms with Crippen LogP contribution in [-0.2, 0) is 9.09 Å². The molecule has 0 N–H and O–H groups in total. The van der Waals surface area contributed by atoms with Gasteiger partial charge in [0.1, 0.15) is 11.6 Å². The van der Waals surface area contributed by atoms with Gasteiger partial charge >= 0.3 is 13.4 Å². The lowest BCUT2D eigenvalue weighted by molar-refractivity contribution is -0.385. The molecule has 34 heavy (non-hydrogen) atoms. The lowest BCUT2D eigenvalue weighted by atomic mass is 10.1. The highest BCUT2D eigenvalue weighted by atomic mass is 31.2. The van der Waals surface area contributed by atoms with E-state index in [1.165, 1.54) is 18.2 Å². The topological polar surface area (TPSA) is 84.7 Å². The average Bonchev–Trinajstić information content (AvgIpc) is 3.72. The third kappa shape index (κ3) is 4.74. The fraction of sp³-hybridized carbons (Fsp3) is 0.250. The third-order valence-corrected chi connectivity index (χ3v) is 8.59. The number of nitro benzene ring substituents is 1. The van der Waals surface area contributed by atoms with Gasteiger partial charge in [-0.25, -0.2) is 13.7 Å². The van der Waals surface area contributed by atoms with Crippen LogP contribution in [0, 0.1) is 15.9 Å². The molecular weight excluding hydrogens is 460 g/mol. The van der Waals surface area contributed by atoms with Crippen molar-refractivity contribution in [1.29, 1.82) is 0 Å². The molecule has 0 saturated carbocycles. The number of benzene rings is 3. The maximum atomic E-state index is 13.3. The summed E-state index contributed by atoms with van der Waals surface area (Å²) < 4.78 is 42.0. The molecule has 5 rings (SSSR count). The molecule has 0 spiro atoms. The Hall–Kier alpha value is -3.10. The van der Waals surface area contributed by atoms with Gasteiger partial charge in [0.15, 0.2) is 0 Å². The van der Waals surface area contributed by atoms with Crippen molar-refractivity contribution in [3.63, 3.8) is 0 Å². The van der Waals surface area contributed by atoms with Crippen LogP contribution in [0.15, 0.2) is 66.7 Å². The Balaban J connectivity index is 1.37. The van der Waals surface area contributed by atoms with E-state index < -0.39 is 18.7 Å². The smallest absolute Gasteiger partial charge is 0.346 e. The first-order valence-electron chi connectivity index (χ1n) is 10.9. The lowest BCUT2D eigenvalue weighted by Crippen LogP contribution is -2.10. The molecule has 3 aromatic carbocycles. The summed E-state index contributed by atoms with van der Waals surface area (Å²) in [5, 5.41) is 11.6. The number of hydrogen-bond donors (Lipinski definition) is 0. The summed E-state index contributed by atoms with van der Waals surface area (Å²) in [6.07, 6.45) is -0.545. The molecular formula is C24H23FN3O5P. The molecule has 0 bridgehead atoms. The van der Waals surface area contributed by atoms with Crippen molar-refractivity contribution in [1.82, 2.24) is 9.34 Å². The van der Waals surface area contributed by atoms with Crippen LogP contribution in [0.3, 0.4) is 0 Å². The Morgan fingerprint density at radius 1 is 0.941 bits per heavy atom. The minimum absolute atomic E-state index is 0.0702. The first-order chi connectivity index (χ1) is 16.3. The van der Waals surface area contributed by atoms with E-state index in [2.05, 4.69) is 0 Å². The van der Waals surface area contributed by atoms with Crippen LogP contribution >= 0.6 is 7.67 Å². The molecule has 3 aromatic rings. The Morgan fingerprint density at radius 2 is 1.50 bits per heavy atom. The first-order valence-corrected chi connectivity index (χ1v) is 12.5. The zero-order valence-electron chi connectivity index (χ0n) is 18.5. The van der Waals surface area contributed by atoms with Gasteiger partial charge in [0.25, 0.3) is 0 Å². The van der Waals surface area contributed by atoms with Gasteiger partial charge in [-0.2, -0.15) is 0 Å². The summed E-state index contributed by atoms with van der Waals surface area (Å²) in [5.41, 5.74) is 2.15. The molecule has 2 heterocycles. The van der Waals surface area contributed by atoms with Crippen molar-refractivity contribution < 1.29 is 23.1 Å². The second-order valence-corrected chi connectivity index (χ2v) is 10.6. The van der Waals surface area contributed by atoms with Crippen molar-refractivity contribution in [2.24, 2.45) is 0 Å². The van der Waals surface area contributed by atoms with Crippen LogP contribution in [-0.4, -0.2) is 40.4 Å². The lowest BCUT2D eigenvalue weighted by Gasteiger charge is -2.24. The van der Waals surface area contributed by atoms with Gasteiger partial charge in [-0.05, 0) is 60.0 Å². The molecule has 0 amide bonds. The van der Waals surface area contributed by atoms with Gasteiger partial charge in [-0.1, -0.05) is 24.3 Å². The first kappa shape index (κ1) is 22.7. The molecule has 2 fully saturated rings. The molecule has 0 aliphatic carbocycles. The predicted molar refractivity (Wildman–Crippen MR) is 125 cm³/mol. The molecule has 2 aliphatic rings. The van der Waals surface area contributed by atoms with E-state index in [1.54, 1.807) is 55.5 Å². The molecule has 8 nitrogen and oxygen atoms in total. The minimum atomic E-state index is -3.04. The van der Waals surface area contributed by atoms with Crippen molar-refractivity contribution in [3.8, 4) is 22.6 Å². The van der Waals surface area contributed by atoms with E-state index in [-0.39, 0.29) is 17.3 Å². The standard InChI is InChI=1S/C24H23FN3O5P/c1-17(33-34(31,26-12-13-26)27-14-15-27)20-6-11-23(28(29)30)24(16-20)32-22-9-4-19(5-10-22)18-2-7-21(25)8-3-18/h2-11,16-17H,12-15H2,1H3. The van der Waals surface area contributed by atoms with E-state index in [0.717, 1.165) is 37.3 Å². The number of nitrogens with zero attached hydrogens (tertiary/aromatic N) is 3.